The van der Waals surface area contributed by atoms with Gasteiger partial charge in [-0.2, -0.15) is 0 Å². The van der Waals surface area contributed by atoms with E-state index in [0.29, 0.717) is 32.8 Å². The first kappa shape index (κ1) is 17.3. The second-order valence-electron chi connectivity index (χ2n) is 3.67. The molecule has 0 atom stereocenters. The van der Waals surface area contributed by atoms with Gasteiger partial charge in [0.2, 0.25) is 10.0 Å². The summed E-state index contributed by atoms with van der Waals surface area (Å²) in [7, 11) is -1.88. The molecule has 0 spiro atoms. The van der Waals surface area contributed by atoms with Crippen molar-refractivity contribution in [3.05, 3.63) is 0 Å². The summed E-state index contributed by atoms with van der Waals surface area (Å²) >= 11 is 0. The van der Waals surface area contributed by atoms with Gasteiger partial charge in [-0.25, -0.2) is 13.1 Å². The molecule has 0 bridgehead atoms. The van der Waals surface area contributed by atoms with Crippen LogP contribution < -0.4 is 4.72 Å². The van der Waals surface area contributed by atoms with Crippen LogP contribution in [-0.2, 0) is 24.3 Å². The van der Waals surface area contributed by atoms with Crippen molar-refractivity contribution in [2.24, 2.45) is 0 Å². The van der Waals surface area contributed by atoms with Gasteiger partial charge in [0.25, 0.3) is 0 Å². The second-order valence-corrected chi connectivity index (χ2v) is 5.60. The van der Waals surface area contributed by atoms with Crippen LogP contribution in [0.1, 0.15) is 19.3 Å². The number of carboxylic acids is 1. The zero-order valence-corrected chi connectivity index (χ0v) is 11.4. The van der Waals surface area contributed by atoms with E-state index in [2.05, 4.69) is 4.72 Å². The Labute approximate surface area is 108 Å². The molecule has 18 heavy (non-hydrogen) atoms. The molecule has 0 aromatic heterocycles. The summed E-state index contributed by atoms with van der Waals surface area (Å²) < 4.78 is 34.9. The third kappa shape index (κ3) is 11.8. The SMILES string of the molecule is COCCOCCCCNS(=O)(=O)CCC(=O)O. The predicted octanol–water partition coefficient (Wildman–Crippen LogP) is -0.176. The summed E-state index contributed by atoms with van der Waals surface area (Å²) in [5.74, 6) is -1.50. The maximum atomic E-state index is 11.3. The van der Waals surface area contributed by atoms with Crippen LogP contribution >= 0.6 is 0 Å². The number of unbranched alkanes of at least 4 members (excludes halogenated alkanes) is 1. The number of ether oxygens (including phenoxy) is 2. The average Bonchev–Trinajstić information content (AvgIpc) is 2.30. The van der Waals surface area contributed by atoms with Gasteiger partial charge >= 0.3 is 5.97 Å². The minimum absolute atomic E-state index is 0.301. The molecule has 0 heterocycles. The number of hydrogen-bond donors (Lipinski definition) is 2. The molecule has 0 amide bonds. The van der Waals surface area contributed by atoms with Gasteiger partial charge in [-0.1, -0.05) is 0 Å². The molecule has 0 aliphatic heterocycles. The van der Waals surface area contributed by atoms with E-state index in [4.69, 9.17) is 14.6 Å². The van der Waals surface area contributed by atoms with Gasteiger partial charge in [-0.3, -0.25) is 4.79 Å². The Morgan fingerprint density at radius 1 is 1.22 bits per heavy atom. The molecule has 0 fully saturated rings. The minimum atomic E-state index is -3.47. The highest BCUT2D eigenvalue weighted by molar-refractivity contribution is 7.89. The first-order chi connectivity index (χ1) is 8.48. The van der Waals surface area contributed by atoms with Crippen molar-refractivity contribution >= 4 is 16.0 Å². The molecule has 0 unspecified atom stereocenters. The van der Waals surface area contributed by atoms with E-state index in [9.17, 15) is 13.2 Å². The van der Waals surface area contributed by atoms with E-state index in [1.54, 1.807) is 7.11 Å². The quantitative estimate of drug-likeness (QED) is 0.482. The lowest BCUT2D eigenvalue weighted by molar-refractivity contribution is -0.136. The largest absolute Gasteiger partial charge is 0.481 e. The molecule has 7 nitrogen and oxygen atoms in total. The highest BCUT2D eigenvalue weighted by Gasteiger charge is 2.11. The van der Waals surface area contributed by atoms with Gasteiger partial charge in [0.05, 0.1) is 25.4 Å². The van der Waals surface area contributed by atoms with Crippen LogP contribution in [0.15, 0.2) is 0 Å². The number of rotatable bonds is 12. The number of aliphatic carboxylic acids is 1. The molecule has 0 saturated heterocycles. The Hall–Kier alpha value is -0.700. The lowest BCUT2D eigenvalue weighted by atomic mass is 10.3. The zero-order valence-electron chi connectivity index (χ0n) is 10.6. The summed E-state index contributed by atoms with van der Waals surface area (Å²) in [6.07, 6.45) is 1.01. The first-order valence-electron chi connectivity index (χ1n) is 5.74. The van der Waals surface area contributed by atoms with Gasteiger partial charge in [-0.15, -0.1) is 0 Å². The van der Waals surface area contributed by atoms with Crippen LogP contribution in [0, 0.1) is 0 Å². The fourth-order valence-corrected chi connectivity index (χ4v) is 2.14. The first-order valence-corrected chi connectivity index (χ1v) is 7.39. The highest BCUT2D eigenvalue weighted by atomic mass is 32.2. The van der Waals surface area contributed by atoms with Crippen molar-refractivity contribution in [2.45, 2.75) is 19.3 Å². The fraction of sp³-hybridized carbons (Fsp3) is 0.900. The van der Waals surface area contributed by atoms with Gasteiger partial charge in [0, 0.05) is 20.3 Å². The van der Waals surface area contributed by atoms with Crippen LogP contribution in [0.3, 0.4) is 0 Å². The fourth-order valence-electron chi connectivity index (χ4n) is 1.09. The van der Waals surface area contributed by atoms with Gasteiger partial charge in [-0.05, 0) is 12.8 Å². The Kier molecular flexibility index (Phi) is 9.85. The minimum Gasteiger partial charge on any atom is -0.481 e. The van der Waals surface area contributed by atoms with E-state index < -0.39 is 16.0 Å². The summed E-state index contributed by atoms with van der Waals surface area (Å²) in [5, 5.41) is 8.37. The maximum Gasteiger partial charge on any atom is 0.304 e. The van der Waals surface area contributed by atoms with Gasteiger partial charge in [0.1, 0.15) is 0 Å². The topological polar surface area (TPSA) is 102 Å². The number of carbonyl (C=O) groups is 1. The molecular weight excluding hydrogens is 262 g/mol. The Morgan fingerprint density at radius 2 is 1.94 bits per heavy atom. The van der Waals surface area contributed by atoms with Crippen LogP contribution in [-0.4, -0.2) is 58.7 Å². The summed E-state index contributed by atoms with van der Waals surface area (Å²) in [6.45, 7) is 1.93. The van der Waals surface area contributed by atoms with Crippen molar-refractivity contribution in [1.29, 1.82) is 0 Å². The molecular formula is C10H21NO6S. The molecule has 0 rings (SSSR count). The van der Waals surface area contributed by atoms with E-state index >= 15 is 0 Å². The van der Waals surface area contributed by atoms with Crippen molar-refractivity contribution < 1.29 is 27.8 Å². The lowest BCUT2D eigenvalue weighted by Crippen LogP contribution is -2.28. The number of methoxy groups -OCH3 is 1. The molecule has 0 aromatic rings. The normalized spacial score (nSPS) is 11.6. The standard InChI is InChI=1S/C10H21NO6S/c1-16-7-8-17-6-3-2-5-11-18(14,15)9-4-10(12)13/h11H,2-9H2,1H3,(H,12,13). The molecule has 0 radical (unpaired) electrons. The Bertz CT molecular complexity index is 316. The lowest BCUT2D eigenvalue weighted by Gasteiger charge is -2.06. The number of sulfonamides is 1. The molecule has 2 N–H and O–H groups in total. The van der Waals surface area contributed by atoms with E-state index in [1.165, 1.54) is 0 Å². The molecule has 8 heteroatoms. The monoisotopic (exact) mass is 283 g/mol. The second kappa shape index (κ2) is 10.2. The number of nitrogens with one attached hydrogen (secondary N) is 1. The predicted molar refractivity (Wildman–Crippen MR) is 66.0 cm³/mol. The van der Waals surface area contributed by atoms with Crippen LogP contribution in [0.2, 0.25) is 0 Å². The Balaban J connectivity index is 3.44. The van der Waals surface area contributed by atoms with Gasteiger partial charge < -0.3 is 14.6 Å². The van der Waals surface area contributed by atoms with E-state index in [1.807, 2.05) is 0 Å². The highest BCUT2D eigenvalue weighted by Crippen LogP contribution is 1.93. The van der Waals surface area contributed by atoms with Crippen molar-refractivity contribution in [2.75, 3.05) is 39.2 Å². The molecule has 108 valence electrons. The Morgan fingerprint density at radius 3 is 2.56 bits per heavy atom. The van der Waals surface area contributed by atoms with Crippen LogP contribution in [0.5, 0.6) is 0 Å². The van der Waals surface area contributed by atoms with E-state index in [0.717, 1.165) is 6.42 Å². The number of carboxylic acid groups (broad SMARTS) is 1. The van der Waals surface area contributed by atoms with Crippen molar-refractivity contribution in [1.82, 2.24) is 4.72 Å². The van der Waals surface area contributed by atoms with Crippen LogP contribution in [0.4, 0.5) is 0 Å². The molecule has 0 aliphatic rings. The summed E-state index contributed by atoms with van der Waals surface area (Å²) in [5.41, 5.74) is 0. The summed E-state index contributed by atoms with van der Waals surface area (Å²) in [6, 6.07) is 0. The van der Waals surface area contributed by atoms with Crippen LogP contribution in [0.25, 0.3) is 0 Å². The van der Waals surface area contributed by atoms with Crippen molar-refractivity contribution in [3.63, 3.8) is 0 Å². The van der Waals surface area contributed by atoms with E-state index in [-0.39, 0.29) is 12.2 Å². The summed E-state index contributed by atoms with van der Waals surface area (Å²) in [4.78, 5) is 10.2. The zero-order chi connectivity index (χ0) is 13.9. The number of hydrogen-bond acceptors (Lipinski definition) is 5. The smallest absolute Gasteiger partial charge is 0.304 e. The molecule has 0 aromatic carbocycles. The third-order valence-corrected chi connectivity index (χ3v) is 3.44. The average molecular weight is 283 g/mol. The maximum absolute atomic E-state index is 11.3. The third-order valence-electron chi connectivity index (χ3n) is 2.05. The molecule has 0 aliphatic carbocycles. The van der Waals surface area contributed by atoms with Crippen molar-refractivity contribution in [3.8, 4) is 0 Å². The molecule has 0 saturated carbocycles. The van der Waals surface area contributed by atoms with Gasteiger partial charge in [0.15, 0.2) is 0 Å².